The molecule has 2 heterocycles. The van der Waals surface area contributed by atoms with Crippen molar-refractivity contribution in [1.82, 2.24) is 20.2 Å². The van der Waals surface area contributed by atoms with Gasteiger partial charge in [-0.2, -0.15) is 0 Å². The van der Waals surface area contributed by atoms with E-state index < -0.39 is 17.9 Å². The van der Waals surface area contributed by atoms with Gasteiger partial charge in [0.1, 0.15) is 6.04 Å². The largest absolute Gasteiger partial charge is 0.477 e. The molecule has 108 valence electrons. The maximum absolute atomic E-state index is 12.4. The summed E-state index contributed by atoms with van der Waals surface area (Å²) < 4.78 is 5.18. The number of aromatic nitrogens is 2. The van der Waals surface area contributed by atoms with Crippen molar-refractivity contribution in [3.8, 4) is 0 Å². The van der Waals surface area contributed by atoms with Crippen LogP contribution in [0, 0.1) is 0 Å². The van der Waals surface area contributed by atoms with Crippen molar-refractivity contribution in [3.63, 3.8) is 0 Å². The number of nitrogens with one attached hydrogen (secondary N) is 2. The van der Waals surface area contributed by atoms with Crippen molar-refractivity contribution in [2.45, 2.75) is 6.04 Å². The number of hydrogen-bond donors (Lipinski definition) is 3. The first-order chi connectivity index (χ1) is 9.56. The van der Waals surface area contributed by atoms with Crippen LogP contribution in [-0.4, -0.2) is 70.6 Å². The zero-order valence-corrected chi connectivity index (χ0v) is 10.8. The van der Waals surface area contributed by atoms with Crippen molar-refractivity contribution in [1.29, 1.82) is 0 Å². The Hall–Kier alpha value is -2.42. The van der Waals surface area contributed by atoms with E-state index in [0.717, 1.165) is 6.33 Å². The molecule has 2 rings (SSSR count). The molecule has 20 heavy (non-hydrogen) atoms. The fourth-order valence-corrected chi connectivity index (χ4v) is 1.99. The zero-order chi connectivity index (χ0) is 14.7. The molecule has 0 bridgehead atoms. The summed E-state index contributed by atoms with van der Waals surface area (Å²) in [5, 5.41) is 11.4. The first kappa shape index (κ1) is 14.0. The number of ether oxygens (including phenoxy) is 1. The second-order valence-corrected chi connectivity index (χ2v) is 4.13. The Morgan fingerprint density at radius 1 is 1.55 bits per heavy atom. The van der Waals surface area contributed by atoms with Crippen LogP contribution in [0.3, 0.4) is 0 Å². The van der Waals surface area contributed by atoms with Gasteiger partial charge in [0.05, 0.1) is 19.5 Å². The first-order valence-electron chi connectivity index (χ1n) is 5.93. The van der Waals surface area contributed by atoms with Crippen molar-refractivity contribution in [2.24, 2.45) is 0 Å². The number of amides is 2. The maximum Gasteiger partial charge on any atom is 0.354 e. The van der Waals surface area contributed by atoms with Gasteiger partial charge in [-0.1, -0.05) is 0 Å². The molecule has 2 amide bonds. The maximum atomic E-state index is 12.4. The van der Waals surface area contributed by atoms with Crippen molar-refractivity contribution in [3.05, 3.63) is 17.7 Å². The van der Waals surface area contributed by atoms with Crippen LogP contribution in [0.1, 0.15) is 21.0 Å². The number of morpholine rings is 1. The zero-order valence-electron chi connectivity index (χ0n) is 10.8. The van der Waals surface area contributed by atoms with E-state index in [1.807, 2.05) is 0 Å². The topological polar surface area (TPSA) is 125 Å². The molecule has 1 saturated heterocycles. The summed E-state index contributed by atoms with van der Waals surface area (Å²) in [6.45, 7) is 0.549. The van der Waals surface area contributed by atoms with E-state index in [1.54, 1.807) is 0 Å². The molecule has 1 aromatic rings. The molecule has 0 aromatic carbocycles. The van der Waals surface area contributed by atoms with Gasteiger partial charge in [-0.05, 0) is 0 Å². The fourth-order valence-electron chi connectivity index (χ4n) is 1.99. The number of H-pyrrole nitrogens is 1. The number of hydrogen-bond acceptors (Lipinski definition) is 5. The molecule has 1 atom stereocenters. The van der Waals surface area contributed by atoms with Gasteiger partial charge in [0, 0.05) is 13.6 Å². The lowest BCUT2D eigenvalue weighted by molar-refractivity contribution is -0.130. The van der Waals surface area contributed by atoms with Crippen molar-refractivity contribution in [2.75, 3.05) is 26.8 Å². The van der Waals surface area contributed by atoms with Gasteiger partial charge in [0.15, 0.2) is 11.4 Å². The minimum absolute atomic E-state index is 0.0677. The van der Waals surface area contributed by atoms with E-state index in [9.17, 15) is 14.4 Å². The minimum Gasteiger partial charge on any atom is -0.477 e. The van der Waals surface area contributed by atoms with E-state index in [-0.39, 0.29) is 37.1 Å². The second-order valence-electron chi connectivity index (χ2n) is 4.13. The average Bonchev–Trinajstić information content (AvgIpc) is 2.95. The number of carboxylic acids is 1. The van der Waals surface area contributed by atoms with Crippen LogP contribution in [0.25, 0.3) is 0 Å². The molecule has 1 fully saturated rings. The highest BCUT2D eigenvalue weighted by molar-refractivity contribution is 6.03. The van der Waals surface area contributed by atoms with Crippen LogP contribution in [0.5, 0.6) is 0 Å². The molecule has 3 N–H and O–H groups in total. The molecule has 1 unspecified atom stereocenters. The van der Waals surface area contributed by atoms with Crippen LogP contribution in [0.2, 0.25) is 0 Å². The van der Waals surface area contributed by atoms with E-state index >= 15 is 0 Å². The Morgan fingerprint density at radius 3 is 2.95 bits per heavy atom. The van der Waals surface area contributed by atoms with Crippen molar-refractivity contribution < 1.29 is 24.2 Å². The molecule has 0 saturated carbocycles. The quantitative estimate of drug-likeness (QED) is 0.632. The normalized spacial score (nSPS) is 18.6. The number of carbonyl (C=O) groups is 3. The highest BCUT2D eigenvalue weighted by atomic mass is 16.5. The Kier molecular flexibility index (Phi) is 3.99. The number of aromatic carboxylic acids is 1. The molecule has 9 heteroatoms. The summed E-state index contributed by atoms with van der Waals surface area (Å²) in [6, 6.07) is -0.792. The molecule has 0 spiro atoms. The third-order valence-electron chi connectivity index (χ3n) is 2.99. The number of carboxylic acid groups (broad SMARTS) is 1. The standard InChI is InChI=1S/C11H14N4O5/c1-12-9(16)6-4-20-3-2-15(6)10(17)7-8(11(18)19)14-5-13-7/h5-6H,2-4H2,1H3,(H,12,16)(H,13,14)(H,18,19). The average molecular weight is 282 g/mol. The third kappa shape index (κ3) is 2.48. The Labute approximate surface area is 113 Å². The predicted molar refractivity (Wildman–Crippen MR) is 65.3 cm³/mol. The second kappa shape index (κ2) is 5.70. The predicted octanol–water partition coefficient (Wildman–Crippen LogP) is -1.31. The lowest BCUT2D eigenvalue weighted by atomic mass is 10.1. The third-order valence-corrected chi connectivity index (χ3v) is 2.99. The number of nitrogens with zero attached hydrogens (tertiary/aromatic N) is 2. The monoisotopic (exact) mass is 282 g/mol. The number of imidazole rings is 1. The Balaban J connectivity index is 2.28. The van der Waals surface area contributed by atoms with Crippen LogP contribution in [-0.2, 0) is 9.53 Å². The smallest absolute Gasteiger partial charge is 0.354 e. The summed E-state index contributed by atoms with van der Waals surface area (Å²) in [7, 11) is 1.46. The molecule has 1 aromatic heterocycles. The molecule has 0 radical (unpaired) electrons. The summed E-state index contributed by atoms with van der Waals surface area (Å²) in [6.07, 6.45) is 1.13. The van der Waals surface area contributed by atoms with Gasteiger partial charge in [-0.3, -0.25) is 9.59 Å². The van der Waals surface area contributed by atoms with Gasteiger partial charge in [-0.25, -0.2) is 9.78 Å². The van der Waals surface area contributed by atoms with Crippen LogP contribution < -0.4 is 5.32 Å². The van der Waals surface area contributed by atoms with E-state index in [0.29, 0.717) is 0 Å². The van der Waals surface area contributed by atoms with Gasteiger partial charge in [-0.15, -0.1) is 0 Å². The minimum atomic E-state index is -1.28. The van der Waals surface area contributed by atoms with Gasteiger partial charge in [0.2, 0.25) is 5.91 Å². The lowest BCUT2D eigenvalue weighted by Gasteiger charge is -2.33. The first-order valence-corrected chi connectivity index (χ1v) is 5.93. The van der Waals surface area contributed by atoms with Gasteiger partial charge >= 0.3 is 5.97 Å². The molecule has 9 nitrogen and oxygen atoms in total. The fraction of sp³-hybridized carbons (Fsp3) is 0.455. The van der Waals surface area contributed by atoms with Gasteiger partial charge in [0.25, 0.3) is 5.91 Å². The van der Waals surface area contributed by atoms with Crippen LogP contribution in [0.15, 0.2) is 6.33 Å². The summed E-state index contributed by atoms with van der Waals surface area (Å²) in [5.41, 5.74) is -0.509. The van der Waals surface area contributed by atoms with E-state index in [4.69, 9.17) is 9.84 Å². The Bertz CT molecular complexity index is 541. The summed E-state index contributed by atoms with van der Waals surface area (Å²) in [4.78, 5) is 42.5. The number of rotatable bonds is 3. The Morgan fingerprint density at radius 2 is 2.30 bits per heavy atom. The SMILES string of the molecule is CNC(=O)C1COCCN1C(=O)c1nc[nH]c1C(=O)O. The van der Waals surface area contributed by atoms with Crippen LogP contribution >= 0.6 is 0 Å². The van der Waals surface area contributed by atoms with E-state index in [1.165, 1.54) is 11.9 Å². The van der Waals surface area contributed by atoms with Crippen molar-refractivity contribution >= 4 is 17.8 Å². The molecular weight excluding hydrogens is 268 g/mol. The number of aromatic amines is 1. The number of carbonyl (C=O) groups excluding carboxylic acids is 2. The molecule has 1 aliphatic rings. The summed E-state index contributed by atoms with van der Waals surface area (Å²) in [5.74, 6) is -2.26. The summed E-state index contributed by atoms with van der Waals surface area (Å²) >= 11 is 0. The molecular formula is C11H14N4O5. The number of likely N-dealkylation sites (N-methyl/N-ethyl adjacent to an activating group) is 1. The highest BCUT2D eigenvalue weighted by Gasteiger charge is 2.35. The lowest BCUT2D eigenvalue weighted by Crippen LogP contribution is -2.55. The highest BCUT2D eigenvalue weighted by Crippen LogP contribution is 2.14. The van der Waals surface area contributed by atoms with Gasteiger partial charge < -0.3 is 25.0 Å². The molecule has 1 aliphatic heterocycles. The van der Waals surface area contributed by atoms with Crippen LogP contribution in [0.4, 0.5) is 0 Å². The molecule has 0 aliphatic carbocycles. The van der Waals surface area contributed by atoms with E-state index in [2.05, 4.69) is 15.3 Å².